The summed E-state index contributed by atoms with van der Waals surface area (Å²) in [6, 6.07) is 1.05. The molecule has 0 radical (unpaired) electrons. The maximum absolute atomic E-state index is 5.80. The van der Waals surface area contributed by atoms with E-state index in [1.807, 2.05) is 0 Å². The first kappa shape index (κ1) is 12.0. The summed E-state index contributed by atoms with van der Waals surface area (Å²) in [4.78, 5) is 4.95. The Labute approximate surface area is 88.2 Å². The monoisotopic (exact) mass is 199 g/mol. The third-order valence-electron chi connectivity index (χ3n) is 3.20. The van der Waals surface area contributed by atoms with Crippen LogP contribution in [0.3, 0.4) is 0 Å². The zero-order valence-corrected chi connectivity index (χ0v) is 9.87. The highest BCUT2D eigenvalue weighted by Crippen LogP contribution is 2.14. The van der Waals surface area contributed by atoms with Crippen molar-refractivity contribution in [3.63, 3.8) is 0 Å². The first-order valence-electron chi connectivity index (χ1n) is 5.81. The van der Waals surface area contributed by atoms with E-state index in [0.717, 1.165) is 12.6 Å². The van der Waals surface area contributed by atoms with Crippen molar-refractivity contribution in [1.82, 2.24) is 9.80 Å². The van der Waals surface area contributed by atoms with Gasteiger partial charge in [-0.1, -0.05) is 6.92 Å². The average molecular weight is 199 g/mol. The van der Waals surface area contributed by atoms with Gasteiger partial charge in [-0.3, -0.25) is 0 Å². The molecular formula is C11H25N3. The van der Waals surface area contributed by atoms with Crippen LogP contribution in [-0.4, -0.2) is 55.1 Å². The lowest BCUT2D eigenvalue weighted by atomic mass is 10.0. The van der Waals surface area contributed by atoms with Gasteiger partial charge in [0.05, 0.1) is 0 Å². The van der Waals surface area contributed by atoms with Crippen LogP contribution >= 0.6 is 0 Å². The van der Waals surface area contributed by atoms with Crippen LogP contribution in [0.1, 0.15) is 26.7 Å². The van der Waals surface area contributed by atoms with Crippen LogP contribution in [0, 0.1) is 0 Å². The topological polar surface area (TPSA) is 32.5 Å². The highest BCUT2D eigenvalue weighted by Gasteiger charge is 2.21. The molecule has 14 heavy (non-hydrogen) atoms. The maximum atomic E-state index is 5.80. The van der Waals surface area contributed by atoms with E-state index in [9.17, 15) is 0 Å². The summed E-state index contributed by atoms with van der Waals surface area (Å²) < 4.78 is 0. The summed E-state index contributed by atoms with van der Waals surface area (Å²) in [5.41, 5.74) is 5.80. The van der Waals surface area contributed by atoms with Gasteiger partial charge in [-0.05, 0) is 46.4 Å². The van der Waals surface area contributed by atoms with Gasteiger partial charge in [-0.25, -0.2) is 0 Å². The highest BCUT2D eigenvalue weighted by molar-refractivity contribution is 4.78. The number of piperidine rings is 1. The predicted octanol–water partition coefficient (Wildman–Crippen LogP) is 0.750. The van der Waals surface area contributed by atoms with Gasteiger partial charge in [0.2, 0.25) is 0 Å². The van der Waals surface area contributed by atoms with Gasteiger partial charge < -0.3 is 15.5 Å². The highest BCUT2D eigenvalue weighted by atomic mass is 15.2. The molecule has 1 fully saturated rings. The van der Waals surface area contributed by atoms with E-state index in [0.29, 0.717) is 6.04 Å². The van der Waals surface area contributed by atoms with Crippen LogP contribution < -0.4 is 5.73 Å². The lowest BCUT2D eigenvalue weighted by Gasteiger charge is -2.36. The molecule has 3 heteroatoms. The molecule has 1 atom stereocenters. The molecule has 0 unspecified atom stereocenters. The summed E-state index contributed by atoms with van der Waals surface area (Å²) in [5, 5.41) is 0. The van der Waals surface area contributed by atoms with E-state index >= 15 is 0 Å². The van der Waals surface area contributed by atoms with Gasteiger partial charge in [0.15, 0.2) is 0 Å². The Bertz CT molecular complexity index is 151. The molecule has 3 nitrogen and oxygen atoms in total. The quantitative estimate of drug-likeness (QED) is 0.725. The van der Waals surface area contributed by atoms with Crippen molar-refractivity contribution in [2.24, 2.45) is 5.73 Å². The molecule has 1 rings (SSSR count). The standard InChI is InChI=1S/C11H25N3/c1-4-14-7-5-11(6-8-14)13(3)9-10(2)12/h10-11H,4-9,12H2,1-3H3/t10-/m0/s1. The Balaban J connectivity index is 2.26. The molecule has 1 saturated heterocycles. The van der Waals surface area contributed by atoms with Crippen molar-refractivity contribution in [3.8, 4) is 0 Å². The summed E-state index contributed by atoms with van der Waals surface area (Å²) in [7, 11) is 2.20. The van der Waals surface area contributed by atoms with Crippen LogP contribution in [0.15, 0.2) is 0 Å². The minimum absolute atomic E-state index is 0.296. The number of nitrogens with zero attached hydrogens (tertiary/aromatic N) is 2. The van der Waals surface area contributed by atoms with Crippen LogP contribution in [0.4, 0.5) is 0 Å². The zero-order valence-electron chi connectivity index (χ0n) is 9.87. The molecule has 0 spiro atoms. The fourth-order valence-electron chi connectivity index (χ4n) is 2.28. The summed E-state index contributed by atoms with van der Waals surface area (Å²) in [5.74, 6) is 0. The molecule has 0 aliphatic carbocycles. The minimum atomic E-state index is 0.296. The number of rotatable bonds is 4. The van der Waals surface area contributed by atoms with E-state index in [4.69, 9.17) is 5.73 Å². The van der Waals surface area contributed by atoms with Crippen molar-refractivity contribution in [2.45, 2.75) is 38.8 Å². The maximum Gasteiger partial charge on any atom is 0.0139 e. The van der Waals surface area contributed by atoms with Crippen LogP contribution in [0.5, 0.6) is 0 Å². The van der Waals surface area contributed by atoms with Gasteiger partial charge in [0, 0.05) is 18.6 Å². The Hall–Kier alpha value is -0.120. The van der Waals surface area contributed by atoms with Gasteiger partial charge in [0.1, 0.15) is 0 Å². The number of nitrogens with two attached hydrogens (primary N) is 1. The zero-order chi connectivity index (χ0) is 10.6. The lowest BCUT2D eigenvalue weighted by molar-refractivity contribution is 0.128. The second-order valence-corrected chi connectivity index (χ2v) is 4.58. The van der Waals surface area contributed by atoms with E-state index in [1.54, 1.807) is 0 Å². The minimum Gasteiger partial charge on any atom is -0.327 e. The van der Waals surface area contributed by atoms with E-state index in [1.165, 1.54) is 32.5 Å². The Morgan fingerprint density at radius 3 is 2.43 bits per heavy atom. The van der Waals surface area contributed by atoms with Gasteiger partial charge in [-0.2, -0.15) is 0 Å². The molecule has 0 aromatic carbocycles. The Kier molecular flexibility index (Phi) is 4.85. The molecule has 0 amide bonds. The van der Waals surface area contributed by atoms with Crippen molar-refractivity contribution >= 4 is 0 Å². The van der Waals surface area contributed by atoms with Gasteiger partial charge in [0.25, 0.3) is 0 Å². The molecular weight excluding hydrogens is 174 g/mol. The molecule has 0 bridgehead atoms. The van der Waals surface area contributed by atoms with Crippen molar-refractivity contribution in [1.29, 1.82) is 0 Å². The number of hydrogen-bond acceptors (Lipinski definition) is 3. The fraction of sp³-hybridized carbons (Fsp3) is 1.00. The molecule has 1 aliphatic heterocycles. The molecule has 1 heterocycles. The van der Waals surface area contributed by atoms with Gasteiger partial charge >= 0.3 is 0 Å². The lowest BCUT2D eigenvalue weighted by Crippen LogP contribution is -2.46. The van der Waals surface area contributed by atoms with E-state index in [-0.39, 0.29) is 0 Å². The SMILES string of the molecule is CCN1CCC(N(C)C[C@H](C)N)CC1. The number of hydrogen-bond donors (Lipinski definition) is 1. The van der Waals surface area contributed by atoms with E-state index in [2.05, 4.69) is 30.7 Å². The normalized spacial score (nSPS) is 22.9. The first-order valence-corrected chi connectivity index (χ1v) is 5.81. The summed E-state index contributed by atoms with van der Waals surface area (Å²) >= 11 is 0. The fourth-order valence-corrected chi connectivity index (χ4v) is 2.28. The van der Waals surface area contributed by atoms with E-state index < -0.39 is 0 Å². The second-order valence-electron chi connectivity index (χ2n) is 4.58. The molecule has 0 aromatic heterocycles. The number of likely N-dealkylation sites (N-methyl/N-ethyl adjacent to an activating group) is 1. The third kappa shape index (κ3) is 3.56. The molecule has 1 aliphatic rings. The average Bonchev–Trinajstić information content (AvgIpc) is 2.17. The molecule has 2 N–H and O–H groups in total. The molecule has 0 saturated carbocycles. The Morgan fingerprint density at radius 1 is 1.43 bits per heavy atom. The largest absolute Gasteiger partial charge is 0.327 e. The number of likely N-dealkylation sites (tertiary alicyclic amines) is 1. The third-order valence-corrected chi connectivity index (χ3v) is 3.20. The predicted molar refractivity (Wildman–Crippen MR) is 61.4 cm³/mol. The van der Waals surface area contributed by atoms with Crippen LogP contribution in [0.25, 0.3) is 0 Å². The van der Waals surface area contributed by atoms with Crippen LogP contribution in [-0.2, 0) is 0 Å². The second kappa shape index (κ2) is 5.69. The molecule has 84 valence electrons. The Morgan fingerprint density at radius 2 is 2.00 bits per heavy atom. The van der Waals surface area contributed by atoms with Crippen molar-refractivity contribution in [2.75, 3.05) is 33.2 Å². The molecule has 0 aromatic rings. The van der Waals surface area contributed by atoms with Crippen molar-refractivity contribution < 1.29 is 0 Å². The summed E-state index contributed by atoms with van der Waals surface area (Å²) in [6.07, 6.45) is 2.61. The van der Waals surface area contributed by atoms with Gasteiger partial charge in [-0.15, -0.1) is 0 Å². The van der Waals surface area contributed by atoms with Crippen molar-refractivity contribution in [3.05, 3.63) is 0 Å². The smallest absolute Gasteiger partial charge is 0.0139 e. The summed E-state index contributed by atoms with van der Waals surface area (Å²) in [6.45, 7) is 9.05. The first-order chi connectivity index (χ1) is 6.63. The van der Waals surface area contributed by atoms with Crippen LogP contribution in [0.2, 0.25) is 0 Å².